The lowest BCUT2D eigenvalue weighted by Gasteiger charge is -2.24. The van der Waals surface area contributed by atoms with Gasteiger partial charge in [0, 0.05) is 27.8 Å². The predicted octanol–water partition coefficient (Wildman–Crippen LogP) is 4.22. The Balaban J connectivity index is 1.59. The van der Waals surface area contributed by atoms with Gasteiger partial charge in [0.05, 0.1) is 12.5 Å². The van der Waals surface area contributed by atoms with Gasteiger partial charge in [-0.3, -0.25) is 9.69 Å². The Morgan fingerprint density at radius 1 is 1.18 bits per heavy atom. The van der Waals surface area contributed by atoms with Crippen molar-refractivity contribution in [3.63, 3.8) is 0 Å². The molecule has 1 aliphatic heterocycles. The molecule has 0 saturated carbocycles. The molecule has 2 atom stereocenters. The smallest absolute Gasteiger partial charge is 0.411 e. The highest BCUT2D eigenvalue weighted by Crippen LogP contribution is 2.26. The van der Waals surface area contributed by atoms with Crippen LogP contribution in [0.25, 0.3) is 0 Å². The molecule has 182 valence electrons. The van der Waals surface area contributed by atoms with Crippen LogP contribution < -0.4 is 10.1 Å². The summed E-state index contributed by atoms with van der Waals surface area (Å²) in [6, 6.07) is 10.1. The summed E-state index contributed by atoms with van der Waals surface area (Å²) in [5.74, 6) is -0.449. The molecule has 0 aliphatic carbocycles. The van der Waals surface area contributed by atoms with E-state index in [4.69, 9.17) is 32.7 Å². The molecular formula is C23H24Cl2N2O6S. The Morgan fingerprint density at radius 3 is 2.47 bits per heavy atom. The highest BCUT2D eigenvalue weighted by molar-refractivity contribution is 7.99. The third kappa shape index (κ3) is 6.71. The van der Waals surface area contributed by atoms with E-state index in [0.717, 1.165) is 0 Å². The van der Waals surface area contributed by atoms with Crippen molar-refractivity contribution in [2.45, 2.75) is 32.0 Å². The lowest BCUT2D eigenvalue weighted by atomic mass is 10.1. The second-order valence-corrected chi connectivity index (χ2v) is 9.23. The Labute approximate surface area is 211 Å². The number of aliphatic carboxylic acids is 1. The van der Waals surface area contributed by atoms with Crippen molar-refractivity contribution in [3.8, 4) is 5.75 Å². The van der Waals surface area contributed by atoms with Gasteiger partial charge in [-0.1, -0.05) is 41.4 Å². The van der Waals surface area contributed by atoms with E-state index in [9.17, 15) is 19.5 Å². The third-order valence-corrected chi connectivity index (χ3v) is 6.83. The van der Waals surface area contributed by atoms with Gasteiger partial charge in [-0.15, -0.1) is 11.8 Å². The molecule has 0 aromatic heterocycles. The number of nitrogens with zero attached hydrogens (tertiary/aromatic N) is 1. The van der Waals surface area contributed by atoms with Crippen LogP contribution >= 0.6 is 35.0 Å². The van der Waals surface area contributed by atoms with Gasteiger partial charge in [-0.05, 0) is 36.8 Å². The van der Waals surface area contributed by atoms with Crippen molar-refractivity contribution in [2.24, 2.45) is 0 Å². The maximum Gasteiger partial charge on any atom is 0.411 e. The van der Waals surface area contributed by atoms with E-state index < -0.39 is 30.1 Å². The first kappa shape index (κ1) is 26.0. The molecule has 2 aromatic carbocycles. The Bertz CT molecular complexity index is 1020. The average molecular weight is 527 g/mol. The number of hydrogen-bond donors (Lipinski definition) is 2. The molecule has 8 nitrogen and oxygen atoms in total. The number of halogens is 2. The minimum absolute atomic E-state index is 0.0664. The summed E-state index contributed by atoms with van der Waals surface area (Å²) >= 11 is 13.7. The van der Waals surface area contributed by atoms with E-state index in [1.165, 1.54) is 16.7 Å². The molecule has 0 radical (unpaired) electrons. The molecular weight excluding hydrogens is 503 g/mol. The van der Waals surface area contributed by atoms with E-state index in [0.29, 0.717) is 38.6 Å². The number of ether oxygens (including phenoxy) is 2. The van der Waals surface area contributed by atoms with Crippen molar-refractivity contribution < 1.29 is 29.0 Å². The predicted molar refractivity (Wildman–Crippen MR) is 130 cm³/mol. The number of rotatable bonds is 9. The first-order valence-corrected chi connectivity index (χ1v) is 12.4. The standard InChI is InChI=1S/C23H24Cl2N2O6S/c1-2-32-23(31)27-13-34-12-20(27)21(28)26-19(22(29)30)10-14-6-8-15(9-7-14)33-11-16-17(24)4-3-5-18(16)25/h3-9,19-20H,2,10-13H2,1H3,(H,26,28)(H,29,30). The molecule has 3 rings (SSSR count). The fourth-order valence-electron chi connectivity index (χ4n) is 3.30. The Hall–Kier alpha value is -2.62. The van der Waals surface area contributed by atoms with Crippen LogP contribution in [0, 0.1) is 0 Å². The number of carboxylic acid groups (broad SMARTS) is 1. The molecule has 2 aromatic rings. The molecule has 0 bridgehead atoms. The summed E-state index contributed by atoms with van der Waals surface area (Å²) in [4.78, 5) is 37.9. The lowest BCUT2D eigenvalue weighted by Crippen LogP contribution is -2.52. The molecule has 2 N–H and O–H groups in total. The summed E-state index contributed by atoms with van der Waals surface area (Å²) in [5, 5.41) is 13.2. The maximum atomic E-state index is 12.7. The van der Waals surface area contributed by atoms with E-state index in [1.54, 1.807) is 49.4 Å². The van der Waals surface area contributed by atoms with Crippen LogP contribution in [0.4, 0.5) is 4.79 Å². The zero-order valence-electron chi connectivity index (χ0n) is 18.3. The van der Waals surface area contributed by atoms with Gasteiger partial charge in [-0.2, -0.15) is 0 Å². The average Bonchev–Trinajstić information content (AvgIpc) is 3.30. The molecule has 11 heteroatoms. The highest BCUT2D eigenvalue weighted by Gasteiger charge is 2.37. The van der Waals surface area contributed by atoms with E-state index in [2.05, 4.69) is 5.32 Å². The van der Waals surface area contributed by atoms with Gasteiger partial charge >= 0.3 is 12.1 Å². The van der Waals surface area contributed by atoms with Crippen molar-refractivity contribution in [1.82, 2.24) is 10.2 Å². The molecule has 1 aliphatic rings. The second-order valence-electron chi connectivity index (χ2n) is 7.42. The molecule has 2 unspecified atom stereocenters. The summed E-state index contributed by atoms with van der Waals surface area (Å²) in [6.45, 7) is 2.05. The van der Waals surface area contributed by atoms with E-state index in [1.807, 2.05) is 0 Å². The van der Waals surface area contributed by atoms with E-state index in [-0.39, 0.29) is 19.6 Å². The normalized spacial score (nSPS) is 16.1. The van der Waals surface area contributed by atoms with Gasteiger partial charge in [-0.25, -0.2) is 9.59 Å². The first-order chi connectivity index (χ1) is 16.3. The zero-order chi connectivity index (χ0) is 24.7. The van der Waals surface area contributed by atoms with Crippen molar-refractivity contribution in [3.05, 3.63) is 63.6 Å². The summed E-state index contributed by atoms with van der Waals surface area (Å²) in [5.41, 5.74) is 1.37. The number of thioether (sulfide) groups is 1. The SMILES string of the molecule is CCOC(=O)N1CSCC1C(=O)NC(Cc1ccc(OCc2c(Cl)cccc2Cl)cc1)C(=O)O. The molecule has 1 saturated heterocycles. The van der Waals surface area contributed by atoms with Gasteiger partial charge in [0.1, 0.15) is 24.4 Å². The van der Waals surface area contributed by atoms with Crippen LogP contribution in [0.3, 0.4) is 0 Å². The Morgan fingerprint density at radius 2 is 1.85 bits per heavy atom. The highest BCUT2D eigenvalue weighted by atomic mass is 35.5. The van der Waals surface area contributed by atoms with Crippen molar-refractivity contribution in [1.29, 1.82) is 0 Å². The fourth-order valence-corrected chi connectivity index (χ4v) is 4.95. The number of carboxylic acids is 1. The van der Waals surface area contributed by atoms with Crippen LogP contribution in [0.1, 0.15) is 18.1 Å². The van der Waals surface area contributed by atoms with Gasteiger partial charge in [0.15, 0.2) is 0 Å². The maximum absolute atomic E-state index is 12.7. The number of benzene rings is 2. The van der Waals surface area contributed by atoms with Gasteiger partial charge < -0.3 is 19.9 Å². The molecule has 34 heavy (non-hydrogen) atoms. The molecule has 2 amide bonds. The lowest BCUT2D eigenvalue weighted by molar-refractivity contribution is -0.142. The van der Waals surface area contributed by atoms with Crippen LogP contribution in [0.2, 0.25) is 10.0 Å². The summed E-state index contributed by atoms with van der Waals surface area (Å²) in [7, 11) is 0. The fraction of sp³-hybridized carbons (Fsp3) is 0.348. The van der Waals surface area contributed by atoms with E-state index >= 15 is 0 Å². The summed E-state index contributed by atoms with van der Waals surface area (Å²) in [6.07, 6.45) is -0.523. The number of carbonyl (C=O) groups excluding carboxylic acids is 2. The minimum Gasteiger partial charge on any atom is -0.489 e. The van der Waals surface area contributed by atoms with Crippen LogP contribution in [-0.2, 0) is 27.4 Å². The summed E-state index contributed by atoms with van der Waals surface area (Å²) < 4.78 is 10.7. The van der Waals surface area contributed by atoms with Crippen molar-refractivity contribution >= 4 is 52.9 Å². The molecule has 1 fully saturated rings. The zero-order valence-corrected chi connectivity index (χ0v) is 20.7. The van der Waals surface area contributed by atoms with Gasteiger partial charge in [0.25, 0.3) is 0 Å². The first-order valence-electron chi connectivity index (χ1n) is 10.5. The van der Waals surface area contributed by atoms with Crippen LogP contribution in [0.15, 0.2) is 42.5 Å². The minimum atomic E-state index is -1.17. The second kappa shape index (κ2) is 12.2. The molecule has 0 spiro atoms. The number of carbonyl (C=O) groups is 3. The largest absolute Gasteiger partial charge is 0.489 e. The number of hydrogen-bond acceptors (Lipinski definition) is 6. The Kier molecular flexibility index (Phi) is 9.32. The monoisotopic (exact) mass is 526 g/mol. The van der Waals surface area contributed by atoms with Crippen LogP contribution in [0.5, 0.6) is 5.75 Å². The number of nitrogens with one attached hydrogen (secondary N) is 1. The quantitative estimate of drug-likeness (QED) is 0.503. The number of amides is 2. The van der Waals surface area contributed by atoms with Crippen LogP contribution in [-0.4, -0.2) is 58.3 Å². The topological polar surface area (TPSA) is 105 Å². The molecule has 1 heterocycles. The third-order valence-electron chi connectivity index (χ3n) is 5.11. The van der Waals surface area contributed by atoms with Gasteiger partial charge in [0.2, 0.25) is 5.91 Å². The van der Waals surface area contributed by atoms with Crippen molar-refractivity contribution in [2.75, 3.05) is 18.2 Å².